The Morgan fingerprint density at radius 3 is 2.77 bits per heavy atom. The van der Waals surface area contributed by atoms with Gasteiger partial charge in [0, 0.05) is 30.6 Å². The first-order valence-electron chi connectivity index (χ1n) is 8.71. The minimum absolute atomic E-state index is 0.0133. The van der Waals surface area contributed by atoms with Crippen molar-refractivity contribution in [1.29, 1.82) is 0 Å². The molecule has 1 unspecified atom stereocenters. The number of aromatic nitrogens is 3. The van der Waals surface area contributed by atoms with E-state index in [0.717, 1.165) is 31.1 Å². The molecule has 8 heteroatoms. The molecule has 2 aromatic heterocycles. The van der Waals surface area contributed by atoms with Crippen molar-refractivity contribution >= 4 is 17.6 Å². The van der Waals surface area contributed by atoms with Crippen LogP contribution in [0.1, 0.15) is 31.9 Å². The molecule has 26 heavy (non-hydrogen) atoms. The van der Waals surface area contributed by atoms with Crippen LogP contribution in [0.4, 0.5) is 19.0 Å². The molecule has 1 fully saturated rings. The number of hydrogen-bond donors (Lipinski definition) is 0. The first kappa shape index (κ1) is 18.9. The molecule has 1 saturated heterocycles. The Morgan fingerprint density at radius 2 is 2.08 bits per heavy atom. The average molecular weight is 382 g/mol. The van der Waals surface area contributed by atoms with Gasteiger partial charge in [0.15, 0.2) is 11.5 Å². The van der Waals surface area contributed by atoms with E-state index in [9.17, 15) is 13.2 Å². The van der Waals surface area contributed by atoms with Crippen LogP contribution in [0.25, 0.3) is 11.5 Å². The third-order valence-electron chi connectivity index (χ3n) is 4.25. The van der Waals surface area contributed by atoms with Gasteiger partial charge in [0.25, 0.3) is 0 Å². The number of thioether (sulfide) groups is 1. The topological polar surface area (TPSA) is 41.9 Å². The van der Waals surface area contributed by atoms with Crippen LogP contribution in [-0.2, 0) is 6.18 Å². The zero-order valence-corrected chi connectivity index (χ0v) is 15.4. The van der Waals surface area contributed by atoms with E-state index in [4.69, 9.17) is 0 Å². The van der Waals surface area contributed by atoms with Crippen molar-refractivity contribution in [1.82, 2.24) is 15.0 Å². The van der Waals surface area contributed by atoms with E-state index in [-0.39, 0.29) is 5.82 Å². The summed E-state index contributed by atoms with van der Waals surface area (Å²) in [6.45, 7) is 3.51. The van der Waals surface area contributed by atoms with E-state index in [1.54, 1.807) is 18.2 Å². The Labute approximate surface area is 155 Å². The maximum absolute atomic E-state index is 13.4. The standard InChI is InChI=1S/C18H21F3N4S/c1-2-26-13-7-4-6-10-25(12-13)16-11-15(18(19,20)21)23-17(24-16)14-8-3-5-9-22-14/h3,5,8-9,11,13H,2,4,6-7,10,12H2,1H3. The summed E-state index contributed by atoms with van der Waals surface area (Å²) in [5.41, 5.74) is -0.582. The van der Waals surface area contributed by atoms with E-state index in [1.807, 2.05) is 16.7 Å². The van der Waals surface area contributed by atoms with Crippen molar-refractivity contribution in [2.24, 2.45) is 0 Å². The van der Waals surface area contributed by atoms with Crippen LogP contribution in [0.3, 0.4) is 0 Å². The monoisotopic (exact) mass is 382 g/mol. The molecule has 0 aromatic carbocycles. The lowest BCUT2D eigenvalue weighted by Gasteiger charge is -2.26. The molecule has 0 N–H and O–H groups in total. The summed E-state index contributed by atoms with van der Waals surface area (Å²) in [5, 5.41) is 0.408. The molecule has 1 aliphatic rings. The van der Waals surface area contributed by atoms with Gasteiger partial charge >= 0.3 is 6.18 Å². The minimum atomic E-state index is -4.52. The SMILES string of the molecule is CCSC1CCCCN(c2cc(C(F)(F)F)nc(-c3ccccn3)n2)C1. The lowest BCUT2D eigenvalue weighted by molar-refractivity contribution is -0.141. The van der Waals surface area contributed by atoms with Crippen LogP contribution in [0.5, 0.6) is 0 Å². The van der Waals surface area contributed by atoms with Gasteiger partial charge in [0.2, 0.25) is 0 Å². The molecule has 4 nitrogen and oxygen atoms in total. The van der Waals surface area contributed by atoms with E-state index < -0.39 is 11.9 Å². The van der Waals surface area contributed by atoms with E-state index in [1.165, 1.54) is 6.20 Å². The van der Waals surface area contributed by atoms with Gasteiger partial charge in [0.1, 0.15) is 11.5 Å². The van der Waals surface area contributed by atoms with Gasteiger partial charge in [-0.05, 0) is 30.7 Å². The van der Waals surface area contributed by atoms with Crippen LogP contribution >= 0.6 is 11.8 Å². The highest BCUT2D eigenvalue weighted by Gasteiger charge is 2.34. The quantitative estimate of drug-likeness (QED) is 0.769. The fraction of sp³-hybridized carbons (Fsp3) is 0.500. The molecule has 0 aliphatic carbocycles. The lowest BCUT2D eigenvalue weighted by atomic mass is 10.2. The summed E-state index contributed by atoms with van der Waals surface area (Å²) in [5.74, 6) is 1.34. The highest BCUT2D eigenvalue weighted by atomic mass is 32.2. The molecule has 0 bridgehead atoms. The fourth-order valence-corrected chi connectivity index (χ4v) is 4.12. The molecular weight excluding hydrogens is 361 g/mol. The molecular formula is C18H21F3N4S. The zero-order chi connectivity index (χ0) is 18.6. The molecule has 3 heterocycles. The molecule has 1 atom stereocenters. The van der Waals surface area contributed by atoms with Gasteiger partial charge in [-0.25, -0.2) is 9.97 Å². The average Bonchev–Trinajstić information content (AvgIpc) is 2.87. The highest BCUT2D eigenvalue weighted by molar-refractivity contribution is 7.99. The summed E-state index contributed by atoms with van der Waals surface area (Å²) in [6.07, 6.45) is 0.117. The number of nitrogens with zero attached hydrogens (tertiary/aromatic N) is 4. The molecule has 140 valence electrons. The third kappa shape index (κ3) is 4.66. The Hall–Kier alpha value is -1.83. The molecule has 0 saturated carbocycles. The zero-order valence-electron chi connectivity index (χ0n) is 14.5. The van der Waals surface area contributed by atoms with Crippen LogP contribution < -0.4 is 4.90 Å². The number of alkyl halides is 3. The van der Waals surface area contributed by atoms with Crippen molar-refractivity contribution in [2.75, 3.05) is 23.7 Å². The van der Waals surface area contributed by atoms with E-state index in [2.05, 4.69) is 21.9 Å². The van der Waals surface area contributed by atoms with Gasteiger partial charge in [-0.2, -0.15) is 24.9 Å². The Kier molecular flexibility index (Phi) is 6.01. The first-order valence-corrected chi connectivity index (χ1v) is 9.76. The Morgan fingerprint density at radius 1 is 1.23 bits per heavy atom. The predicted molar refractivity (Wildman–Crippen MR) is 98.2 cm³/mol. The minimum Gasteiger partial charge on any atom is -0.355 e. The van der Waals surface area contributed by atoms with Crippen LogP contribution in [0.15, 0.2) is 30.5 Å². The molecule has 0 amide bonds. The van der Waals surface area contributed by atoms with E-state index in [0.29, 0.717) is 29.9 Å². The second kappa shape index (κ2) is 8.24. The Bertz CT molecular complexity index is 724. The second-order valence-electron chi connectivity index (χ2n) is 6.17. The maximum Gasteiger partial charge on any atom is 0.433 e. The molecule has 0 spiro atoms. The smallest absolute Gasteiger partial charge is 0.355 e. The third-order valence-corrected chi connectivity index (χ3v) is 5.44. The van der Waals surface area contributed by atoms with Crippen molar-refractivity contribution in [3.05, 3.63) is 36.2 Å². The number of hydrogen-bond acceptors (Lipinski definition) is 5. The van der Waals surface area contributed by atoms with Gasteiger partial charge in [-0.3, -0.25) is 4.98 Å². The number of halogens is 3. The molecule has 3 rings (SSSR count). The summed E-state index contributed by atoms with van der Waals surface area (Å²) in [4.78, 5) is 14.2. The van der Waals surface area contributed by atoms with Gasteiger partial charge in [0.05, 0.1) is 0 Å². The maximum atomic E-state index is 13.4. The normalized spacial score (nSPS) is 18.6. The largest absolute Gasteiger partial charge is 0.433 e. The summed E-state index contributed by atoms with van der Waals surface area (Å²) < 4.78 is 40.1. The first-order chi connectivity index (χ1) is 12.5. The summed E-state index contributed by atoms with van der Waals surface area (Å²) in [6, 6.07) is 6.10. The number of anilines is 1. The predicted octanol–water partition coefficient (Wildman–Crippen LogP) is 4.67. The fourth-order valence-electron chi connectivity index (χ4n) is 3.03. The second-order valence-corrected chi connectivity index (χ2v) is 7.74. The van der Waals surface area contributed by atoms with Gasteiger partial charge < -0.3 is 4.90 Å². The van der Waals surface area contributed by atoms with Crippen molar-refractivity contribution in [3.63, 3.8) is 0 Å². The van der Waals surface area contributed by atoms with Crippen LogP contribution in [0.2, 0.25) is 0 Å². The number of pyridine rings is 1. The number of rotatable bonds is 4. The van der Waals surface area contributed by atoms with Crippen LogP contribution in [0, 0.1) is 0 Å². The molecule has 1 aliphatic heterocycles. The van der Waals surface area contributed by atoms with Crippen LogP contribution in [-0.4, -0.2) is 39.0 Å². The summed E-state index contributed by atoms with van der Waals surface area (Å²) in [7, 11) is 0. The Balaban J connectivity index is 1.99. The highest BCUT2D eigenvalue weighted by Crippen LogP contribution is 2.32. The van der Waals surface area contributed by atoms with Gasteiger partial charge in [-0.1, -0.05) is 19.4 Å². The lowest BCUT2D eigenvalue weighted by Crippen LogP contribution is -2.31. The van der Waals surface area contributed by atoms with Crippen molar-refractivity contribution < 1.29 is 13.2 Å². The molecule has 2 aromatic rings. The van der Waals surface area contributed by atoms with Crippen molar-refractivity contribution in [2.45, 2.75) is 37.6 Å². The van der Waals surface area contributed by atoms with Crippen molar-refractivity contribution in [3.8, 4) is 11.5 Å². The summed E-state index contributed by atoms with van der Waals surface area (Å²) >= 11 is 1.85. The van der Waals surface area contributed by atoms with E-state index >= 15 is 0 Å². The molecule has 0 radical (unpaired) electrons. The van der Waals surface area contributed by atoms with Gasteiger partial charge in [-0.15, -0.1) is 0 Å².